The summed E-state index contributed by atoms with van der Waals surface area (Å²) in [5.74, 6) is -0.668. The molecule has 0 aliphatic carbocycles. The lowest BCUT2D eigenvalue weighted by molar-refractivity contribution is -0.110. The van der Waals surface area contributed by atoms with Gasteiger partial charge in [-0.1, -0.05) is 23.4 Å². The maximum atomic E-state index is 12.4. The van der Waals surface area contributed by atoms with E-state index in [2.05, 4.69) is 10.5 Å². The molecule has 0 aliphatic heterocycles. The molecule has 104 valence electrons. The number of hydrogen-bond acceptors (Lipinski definition) is 4. The zero-order valence-electron chi connectivity index (χ0n) is 11.1. The Morgan fingerprint density at radius 2 is 2.00 bits per heavy atom. The van der Waals surface area contributed by atoms with Crippen LogP contribution in [0.5, 0.6) is 0 Å². The van der Waals surface area contributed by atoms with Gasteiger partial charge in [-0.3, -0.25) is 14.3 Å². The Labute approximate surface area is 114 Å². The molecule has 1 heterocycles. The number of aromatic nitrogens is 2. The van der Waals surface area contributed by atoms with Gasteiger partial charge < -0.3 is 10.5 Å². The summed E-state index contributed by atoms with van der Waals surface area (Å²) >= 11 is 0. The second-order valence-electron chi connectivity index (χ2n) is 4.17. The molecule has 20 heavy (non-hydrogen) atoms. The van der Waals surface area contributed by atoms with Crippen molar-refractivity contribution in [3.8, 4) is 5.69 Å². The summed E-state index contributed by atoms with van der Waals surface area (Å²) < 4.78 is 3.09. The number of benzene rings is 1. The van der Waals surface area contributed by atoms with Crippen LogP contribution in [0.1, 0.15) is 5.69 Å². The largest absolute Gasteiger partial charge is 0.411 e. The number of carbonyl (C=O) groups excluding carboxylic acids is 1. The lowest BCUT2D eigenvalue weighted by Gasteiger charge is -2.07. The van der Waals surface area contributed by atoms with Crippen LogP contribution < -0.4 is 10.9 Å². The molecular weight excluding hydrogens is 260 g/mol. The molecule has 0 bridgehead atoms. The first kappa shape index (κ1) is 13.6. The van der Waals surface area contributed by atoms with E-state index in [0.29, 0.717) is 17.6 Å². The van der Waals surface area contributed by atoms with Crippen LogP contribution in [0, 0.1) is 6.92 Å². The maximum absolute atomic E-state index is 12.4. The SMILES string of the molecule is Cc1c(NC(=O)/C=N\O)c(=O)n(-c2ccccc2)n1C. The molecular formula is C13H14N4O3. The molecule has 0 atom stereocenters. The summed E-state index contributed by atoms with van der Waals surface area (Å²) in [6.07, 6.45) is 0.693. The van der Waals surface area contributed by atoms with Crippen molar-refractivity contribution < 1.29 is 10.0 Å². The number of amides is 1. The standard InChI is InChI=1S/C13H14N4O3/c1-9-12(15-11(18)8-14-20)13(19)17(16(9)2)10-6-4-3-5-7-10/h3-8,20H,1-2H3,(H,15,18)/b14-8-. The third-order valence-corrected chi connectivity index (χ3v) is 2.98. The molecule has 2 rings (SSSR count). The molecule has 0 radical (unpaired) electrons. The second kappa shape index (κ2) is 5.43. The van der Waals surface area contributed by atoms with Crippen molar-refractivity contribution >= 4 is 17.8 Å². The topological polar surface area (TPSA) is 88.6 Å². The van der Waals surface area contributed by atoms with E-state index in [1.54, 1.807) is 30.8 Å². The van der Waals surface area contributed by atoms with Crippen molar-refractivity contribution in [1.82, 2.24) is 9.36 Å². The van der Waals surface area contributed by atoms with Gasteiger partial charge in [0, 0.05) is 7.05 Å². The van der Waals surface area contributed by atoms with Gasteiger partial charge in [-0.2, -0.15) is 0 Å². The lowest BCUT2D eigenvalue weighted by atomic mass is 10.3. The number of nitrogens with zero attached hydrogens (tertiary/aromatic N) is 3. The van der Waals surface area contributed by atoms with E-state index < -0.39 is 5.91 Å². The molecule has 0 saturated heterocycles. The highest BCUT2D eigenvalue weighted by atomic mass is 16.4. The summed E-state index contributed by atoms with van der Waals surface area (Å²) in [6.45, 7) is 1.71. The van der Waals surface area contributed by atoms with Crippen molar-refractivity contribution in [2.24, 2.45) is 12.2 Å². The lowest BCUT2D eigenvalue weighted by Crippen LogP contribution is -2.23. The second-order valence-corrected chi connectivity index (χ2v) is 4.17. The molecule has 1 aromatic heterocycles. The minimum absolute atomic E-state index is 0.154. The summed E-state index contributed by atoms with van der Waals surface area (Å²) in [7, 11) is 1.72. The van der Waals surface area contributed by atoms with Crippen molar-refractivity contribution in [3.63, 3.8) is 0 Å². The minimum Gasteiger partial charge on any atom is -0.411 e. The molecule has 2 N–H and O–H groups in total. The predicted octanol–water partition coefficient (Wildman–Crippen LogP) is 0.883. The monoisotopic (exact) mass is 274 g/mol. The van der Waals surface area contributed by atoms with Crippen LogP contribution >= 0.6 is 0 Å². The van der Waals surface area contributed by atoms with Gasteiger partial charge in [-0.25, -0.2) is 4.68 Å². The van der Waals surface area contributed by atoms with Crippen molar-refractivity contribution in [2.75, 3.05) is 5.32 Å². The average molecular weight is 274 g/mol. The number of para-hydroxylation sites is 1. The molecule has 0 aliphatic rings. The van der Waals surface area contributed by atoms with Crippen LogP contribution in [0.3, 0.4) is 0 Å². The highest BCUT2D eigenvalue weighted by molar-refractivity contribution is 6.31. The highest BCUT2D eigenvalue weighted by Gasteiger charge is 2.17. The van der Waals surface area contributed by atoms with E-state index in [1.165, 1.54) is 4.68 Å². The average Bonchev–Trinajstić information content (AvgIpc) is 2.64. The van der Waals surface area contributed by atoms with Crippen LogP contribution in [0.25, 0.3) is 5.69 Å². The number of anilines is 1. The Hall–Kier alpha value is -2.83. The van der Waals surface area contributed by atoms with E-state index >= 15 is 0 Å². The fraction of sp³-hybridized carbons (Fsp3) is 0.154. The van der Waals surface area contributed by atoms with Gasteiger partial charge in [0.2, 0.25) is 0 Å². The number of oxime groups is 1. The first-order valence-electron chi connectivity index (χ1n) is 5.88. The quantitative estimate of drug-likeness (QED) is 0.495. The van der Waals surface area contributed by atoms with E-state index in [-0.39, 0.29) is 11.2 Å². The Morgan fingerprint density at radius 1 is 1.35 bits per heavy atom. The van der Waals surface area contributed by atoms with Gasteiger partial charge in [0.1, 0.15) is 11.9 Å². The van der Waals surface area contributed by atoms with E-state index in [9.17, 15) is 9.59 Å². The molecule has 1 aromatic carbocycles. The summed E-state index contributed by atoms with van der Waals surface area (Å²) in [6, 6.07) is 9.08. The Bertz CT molecular complexity index is 713. The van der Waals surface area contributed by atoms with Gasteiger partial charge >= 0.3 is 0 Å². The molecule has 0 fully saturated rings. The van der Waals surface area contributed by atoms with Gasteiger partial charge in [0.25, 0.3) is 11.5 Å². The Balaban J connectivity index is 2.53. The van der Waals surface area contributed by atoms with Gasteiger partial charge in [0.15, 0.2) is 0 Å². The van der Waals surface area contributed by atoms with Crippen molar-refractivity contribution in [3.05, 3.63) is 46.4 Å². The first-order chi connectivity index (χ1) is 9.56. The molecule has 2 aromatic rings. The fourth-order valence-corrected chi connectivity index (χ4v) is 1.92. The molecule has 7 heteroatoms. The minimum atomic E-state index is -0.668. The summed E-state index contributed by atoms with van der Waals surface area (Å²) in [5, 5.41) is 13.3. The Kier molecular flexibility index (Phi) is 3.69. The van der Waals surface area contributed by atoms with E-state index in [0.717, 1.165) is 0 Å². The number of rotatable bonds is 3. The van der Waals surface area contributed by atoms with E-state index in [4.69, 9.17) is 5.21 Å². The van der Waals surface area contributed by atoms with Crippen LogP contribution in [-0.2, 0) is 11.8 Å². The van der Waals surface area contributed by atoms with Gasteiger partial charge in [-0.05, 0) is 19.1 Å². The predicted molar refractivity (Wildman–Crippen MR) is 74.7 cm³/mol. The van der Waals surface area contributed by atoms with E-state index in [1.807, 2.05) is 18.2 Å². The van der Waals surface area contributed by atoms with Gasteiger partial charge in [0.05, 0.1) is 11.4 Å². The summed E-state index contributed by atoms with van der Waals surface area (Å²) in [4.78, 5) is 23.8. The summed E-state index contributed by atoms with van der Waals surface area (Å²) in [5.41, 5.74) is 1.09. The molecule has 0 spiro atoms. The van der Waals surface area contributed by atoms with Gasteiger partial charge in [-0.15, -0.1) is 0 Å². The van der Waals surface area contributed by atoms with Crippen molar-refractivity contribution in [2.45, 2.75) is 6.92 Å². The maximum Gasteiger partial charge on any atom is 0.295 e. The van der Waals surface area contributed by atoms with Crippen LogP contribution in [0.4, 0.5) is 5.69 Å². The third kappa shape index (κ3) is 2.33. The molecule has 0 unspecified atom stereocenters. The number of carbonyl (C=O) groups is 1. The zero-order chi connectivity index (χ0) is 14.7. The van der Waals surface area contributed by atoms with Crippen molar-refractivity contribution in [1.29, 1.82) is 0 Å². The number of hydrogen-bond donors (Lipinski definition) is 2. The number of nitrogens with one attached hydrogen (secondary N) is 1. The van der Waals surface area contributed by atoms with Crippen LogP contribution in [0.15, 0.2) is 40.3 Å². The molecule has 1 amide bonds. The van der Waals surface area contributed by atoms with Crippen LogP contribution in [-0.4, -0.2) is 26.7 Å². The fourth-order valence-electron chi connectivity index (χ4n) is 1.92. The molecule has 7 nitrogen and oxygen atoms in total. The smallest absolute Gasteiger partial charge is 0.295 e. The van der Waals surface area contributed by atoms with Crippen LogP contribution in [0.2, 0.25) is 0 Å². The normalized spacial score (nSPS) is 10.9. The first-order valence-corrected chi connectivity index (χ1v) is 5.88. The Morgan fingerprint density at radius 3 is 2.60 bits per heavy atom. The third-order valence-electron chi connectivity index (χ3n) is 2.98. The zero-order valence-corrected chi connectivity index (χ0v) is 11.1. The molecule has 0 saturated carbocycles. The highest BCUT2D eigenvalue weighted by Crippen LogP contribution is 2.13.